The van der Waals surface area contributed by atoms with Crippen molar-refractivity contribution in [3.8, 4) is 0 Å². The first-order chi connectivity index (χ1) is 13.3. The highest BCUT2D eigenvalue weighted by molar-refractivity contribution is 7.89. The topological polar surface area (TPSA) is 108 Å². The summed E-state index contributed by atoms with van der Waals surface area (Å²) in [5, 5.41) is 2.41. The van der Waals surface area contributed by atoms with Crippen LogP contribution in [0.5, 0.6) is 0 Å². The van der Waals surface area contributed by atoms with E-state index in [0.29, 0.717) is 18.8 Å². The Balaban J connectivity index is 2.02. The third kappa shape index (κ3) is 5.27. The van der Waals surface area contributed by atoms with Gasteiger partial charge in [0.05, 0.1) is 4.90 Å². The standard InChI is InChI=1S/C18H21FN4O4S/c1-3-23(4-2)28(26,27)16-7-5-6-13(12-16)17(24)21-22-18(25)20-15-10-8-14(19)9-11-15/h5-12H,3-4H2,1-2H3,(H,21,24)(H2,20,22,25). The average Bonchev–Trinajstić information content (AvgIpc) is 2.68. The zero-order chi connectivity index (χ0) is 20.7. The lowest BCUT2D eigenvalue weighted by molar-refractivity contribution is 0.0937. The molecule has 0 heterocycles. The van der Waals surface area contributed by atoms with Gasteiger partial charge in [-0.15, -0.1) is 0 Å². The number of rotatable bonds is 6. The van der Waals surface area contributed by atoms with Crippen molar-refractivity contribution < 1.29 is 22.4 Å². The van der Waals surface area contributed by atoms with Gasteiger partial charge in [-0.25, -0.2) is 23.0 Å². The van der Waals surface area contributed by atoms with Crippen LogP contribution in [0.15, 0.2) is 53.4 Å². The number of hydrogen-bond acceptors (Lipinski definition) is 4. The average molecular weight is 408 g/mol. The number of amides is 3. The van der Waals surface area contributed by atoms with Crippen molar-refractivity contribution in [2.45, 2.75) is 18.7 Å². The van der Waals surface area contributed by atoms with Crippen molar-refractivity contribution in [1.29, 1.82) is 0 Å². The van der Waals surface area contributed by atoms with Gasteiger partial charge < -0.3 is 5.32 Å². The minimum atomic E-state index is -3.71. The van der Waals surface area contributed by atoms with E-state index in [0.717, 1.165) is 0 Å². The predicted molar refractivity (Wildman–Crippen MR) is 103 cm³/mol. The van der Waals surface area contributed by atoms with Crippen LogP contribution in [0.4, 0.5) is 14.9 Å². The van der Waals surface area contributed by atoms with Crippen LogP contribution in [0.2, 0.25) is 0 Å². The molecule has 0 aliphatic heterocycles. The number of carbonyl (C=O) groups is 2. The van der Waals surface area contributed by atoms with Crippen molar-refractivity contribution in [2.75, 3.05) is 18.4 Å². The van der Waals surface area contributed by atoms with E-state index in [4.69, 9.17) is 0 Å². The van der Waals surface area contributed by atoms with Gasteiger partial charge in [0, 0.05) is 24.3 Å². The molecule has 8 nitrogen and oxygen atoms in total. The van der Waals surface area contributed by atoms with E-state index in [2.05, 4.69) is 16.2 Å². The summed E-state index contributed by atoms with van der Waals surface area (Å²) < 4.78 is 39.2. The number of hydrazine groups is 1. The van der Waals surface area contributed by atoms with Gasteiger partial charge >= 0.3 is 6.03 Å². The molecule has 28 heavy (non-hydrogen) atoms. The minimum Gasteiger partial charge on any atom is -0.307 e. The monoisotopic (exact) mass is 408 g/mol. The van der Waals surface area contributed by atoms with Crippen LogP contribution in [0, 0.1) is 5.82 Å². The molecule has 0 bridgehead atoms. The molecule has 2 aromatic rings. The maximum absolute atomic E-state index is 12.8. The summed E-state index contributed by atoms with van der Waals surface area (Å²) >= 11 is 0. The number of nitrogens with zero attached hydrogens (tertiary/aromatic N) is 1. The molecule has 0 aliphatic rings. The minimum absolute atomic E-state index is 0.0142. The van der Waals surface area contributed by atoms with Crippen LogP contribution >= 0.6 is 0 Å². The number of sulfonamides is 1. The molecule has 0 fully saturated rings. The molecular weight excluding hydrogens is 387 g/mol. The summed E-state index contributed by atoms with van der Waals surface area (Å²) in [5.41, 5.74) is 4.73. The normalized spacial score (nSPS) is 11.1. The Morgan fingerprint density at radius 2 is 1.64 bits per heavy atom. The van der Waals surface area contributed by atoms with E-state index in [-0.39, 0.29) is 10.5 Å². The van der Waals surface area contributed by atoms with E-state index in [1.54, 1.807) is 13.8 Å². The van der Waals surface area contributed by atoms with E-state index in [1.807, 2.05) is 0 Å². The Bertz CT molecular complexity index is 944. The largest absolute Gasteiger partial charge is 0.337 e. The molecule has 0 radical (unpaired) electrons. The quantitative estimate of drug-likeness (QED) is 0.638. The van der Waals surface area contributed by atoms with Gasteiger partial charge in [-0.2, -0.15) is 4.31 Å². The second kappa shape index (κ2) is 9.29. The fourth-order valence-corrected chi connectivity index (χ4v) is 3.90. The van der Waals surface area contributed by atoms with Crippen LogP contribution in [0.1, 0.15) is 24.2 Å². The second-order valence-electron chi connectivity index (χ2n) is 5.66. The summed E-state index contributed by atoms with van der Waals surface area (Å²) in [6.07, 6.45) is 0. The van der Waals surface area contributed by atoms with Crippen LogP contribution in [-0.4, -0.2) is 37.8 Å². The molecule has 3 amide bonds. The van der Waals surface area contributed by atoms with Crippen LogP contribution in [0.3, 0.4) is 0 Å². The molecule has 2 aromatic carbocycles. The first kappa shape index (κ1) is 21.3. The zero-order valence-corrected chi connectivity index (χ0v) is 16.2. The molecule has 2 rings (SSSR count). The molecule has 0 saturated heterocycles. The Kier molecular flexibility index (Phi) is 7.07. The zero-order valence-electron chi connectivity index (χ0n) is 15.4. The highest BCUT2D eigenvalue weighted by atomic mass is 32.2. The van der Waals surface area contributed by atoms with Crippen LogP contribution in [-0.2, 0) is 10.0 Å². The molecule has 150 valence electrons. The van der Waals surface area contributed by atoms with E-state index >= 15 is 0 Å². The van der Waals surface area contributed by atoms with E-state index < -0.39 is 27.8 Å². The number of nitrogens with one attached hydrogen (secondary N) is 3. The van der Waals surface area contributed by atoms with E-state index in [1.165, 1.54) is 52.8 Å². The Hall–Kier alpha value is -2.98. The molecular formula is C18H21FN4O4S. The van der Waals surface area contributed by atoms with Crippen molar-refractivity contribution >= 4 is 27.6 Å². The summed E-state index contributed by atoms with van der Waals surface area (Å²) in [6.45, 7) is 4.06. The fourth-order valence-electron chi connectivity index (χ4n) is 2.39. The van der Waals surface area contributed by atoms with Crippen LogP contribution < -0.4 is 16.2 Å². The molecule has 0 aliphatic carbocycles. The summed E-state index contributed by atoms with van der Waals surface area (Å²) in [6, 6.07) is 9.84. The first-order valence-corrected chi connectivity index (χ1v) is 9.95. The van der Waals surface area contributed by atoms with Crippen molar-refractivity contribution in [3.05, 3.63) is 59.9 Å². The third-order valence-corrected chi connectivity index (χ3v) is 5.88. The van der Waals surface area contributed by atoms with Gasteiger partial charge in [0.25, 0.3) is 5.91 Å². The maximum Gasteiger partial charge on any atom is 0.337 e. The van der Waals surface area contributed by atoms with Crippen molar-refractivity contribution in [3.63, 3.8) is 0 Å². The van der Waals surface area contributed by atoms with Crippen molar-refractivity contribution in [1.82, 2.24) is 15.2 Å². The summed E-state index contributed by atoms with van der Waals surface area (Å²) in [4.78, 5) is 24.0. The number of anilines is 1. The molecule has 0 unspecified atom stereocenters. The molecule has 10 heteroatoms. The Morgan fingerprint density at radius 1 is 1.00 bits per heavy atom. The van der Waals surface area contributed by atoms with Gasteiger partial charge in [0.2, 0.25) is 10.0 Å². The molecule has 0 saturated carbocycles. The van der Waals surface area contributed by atoms with Crippen LogP contribution in [0.25, 0.3) is 0 Å². The first-order valence-electron chi connectivity index (χ1n) is 8.51. The SMILES string of the molecule is CCN(CC)S(=O)(=O)c1cccc(C(=O)NNC(=O)Nc2ccc(F)cc2)c1. The van der Waals surface area contributed by atoms with E-state index in [9.17, 15) is 22.4 Å². The second-order valence-corrected chi connectivity index (χ2v) is 7.60. The van der Waals surface area contributed by atoms with Gasteiger partial charge in [-0.05, 0) is 42.5 Å². The fraction of sp³-hybridized carbons (Fsp3) is 0.222. The van der Waals surface area contributed by atoms with Gasteiger partial charge in [0.1, 0.15) is 5.82 Å². The van der Waals surface area contributed by atoms with Gasteiger partial charge in [0.15, 0.2) is 0 Å². The van der Waals surface area contributed by atoms with Crippen molar-refractivity contribution in [2.24, 2.45) is 0 Å². The number of benzene rings is 2. The van der Waals surface area contributed by atoms with Gasteiger partial charge in [-0.1, -0.05) is 19.9 Å². The number of hydrogen-bond donors (Lipinski definition) is 3. The van der Waals surface area contributed by atoms with Gasteiger partial charge in [-0.3, -0.25) is 10.2 Å². The predicted octanol–water partition coefficient (Wildman–Crippen LogP) is 2.32. The molecule has 0 spiro atoms. The molecule has 0 atom stereocenters. The summed E-state index contributed by atoms with van der Waals surface area (Å²) in [7, 11) is -3.71. The lowest BCUT2D eigenvalue weighted by Gasteiger charge is -2.18. The third-order valence-electron chi connectivity index (χ3n) is 3.83. The Morgan fingerprint density at radius 3 is 2.25 bits per heavy atom. The molecule has 0 aromatic heterocycles. The number of halogens is 1. The smallest absolute Gasteiger partial charge is 0.307 e. The highest BCUT2D eigenvalue weighted by Gasteiger charge is 2.22. The number of carbonyl (C=O) groups excluding carboxylic acids is 2. The lowest BCUT2D eigenvalue weighted by Crippen LogP contribution is -2.44. The highest BCUT2D eigenvalue weighted by Crippen LogP contribution is 2.17. The Labute approximate surface area is 162 Å². The molecule has 3 N–H and O–H groups in total. The lowest BCUT2D eigenvalue weighted by atomic mass is 10.2. The number of urea groups is 1. The maximum atomic E-state index is 12.8. The summed E-state index contributed by atoms with van der Waals surface area (Å²) in [5.74, 6) is -1.13.